The summed E-state index contributed by atoms with van der Waals surface area (Å²) in [6, 6.07) is 0. The summed E-state index contributed by atoms with van der Waals surface area (Å²) in [5, 5.41) is 15.3. The van der Waals surface area contributed by atoms with Crippen molar-refractivity contribution < 1.29 is 53.1 Å². The second kappa shape index (κ2) is 7.04. The molecule has 0 unspecified atom stereocenters. The maximum atomic E-state index is 8.44. The predicted octanol–water partition coefficient (Wildman–Crippen LogP) is -6.72. The van der Waals surface area contributed by atoms with Crippen molar-refractivity contribution in [3.8, 4) is 0 Å². The van der Waals surface area contributed by atoms with Crippen LogP contribution in [0.2, 0.25) is 0 Å². The third kappa shape index (κ3) is 66300. The molecule has 0 aromatic carbocycles. The quantitative estimate of drug-likeness (QED) is 0.224. The number of carbonyl (C=O) groups is 1. The molecule has 0 amide bonds. The van der Waals surface area contributed by atoms with Crippen molar-refractivity contribution in [3.63, 3.8) is 0 Å². The van der Waals surface area contributed by atoms with Gasteiger partial charge in [-0.2, -0.15) is 0 Å². The molecule has 0 aliphatic rings. The Balaban J connectivity index is -0.0000000910. The van der Waals surface area contributed by atoms with Crippen molar-refractivity contribution in [2.24, 2.45) is 0 Å². The maximum Gasteiger partial charge on any atom is 1.00 e. The fourth-order valence-corrected chi connectivity index (χ4v) is 0. The molecule has 9 heteroatoms. The molecule has 0 aromatic heterocycles. The fraction of sp³-hybridized carbons (Fsp3) is 0. The first-order chi connectivity index (χ1) is 3.73. The number of hydrogen-bond donors (Lipinski definition) is 5. The SMILES string of the molecule is O=C([O-])O.O[Si](O)(O)O.[Li+]. The molecular weight excluding hydrogens is 159 g/mol. The molecule has 0 heterocycles. The van der Waals surface area contributed by atoms with Gasteiger partial charge in [-0.15, -0.1) is 0 Å². The Kier molecular flexibility index (Phi) is 11.6. The van der Waals surface area contributed by atoms with Crippen LogP contribution in [0.3, 0.4) is 0 Å². The van der Waals surface area contributed by atoms with E-state index in [9.17, 15) is 0 Å². The summed E-state index contributed by atoms with van der Waals surface area (Å²) in [6.07, 6.45) is -2.08. The van der Waals surface area contributed by atoms with Crippen molar-refractivity contribution in [3.05, 3.63) is 0 Å². The van der Waals surface area contributed by atoms with Gasteiger partial charge in [-0.25, -0.2) is 0 Å². The van der Waals surface area contributed by atoms with Gasteiger partial charge in [0.2, 0.25) is 6.16 Å². The van der Waals surface area contributed by atoms with Gasteiger partial charge < -0.3 is 34.2 Å². The van der Waals surface area contributed by atoms with Crippen molar-refractivity contribution >= 4 is 15.2 Å². The van der Waals surface area contributed by atoms with Crippen LogP contribution >= 0.6 is 0 Å². The molecule has 0 atom stereocenters. The summed E-state index contributed by atoms with van der Waals surface area (Å²) in [4.78, 5) is 37.8. The summed E-state index contributed by atoms with van der Waals surface area (Å²) >= 11 is 0. The molecule has 0 saturated carbocycles. The minimum absolute atomic E-state index is 0. The van der Waals surface area contributed by atoms with Gasteiger partial charge in [0.15, 0.2) is 0 Å². The topological polar surface area (TPSA) is 141 Å². The molecule has 0 radical (unpaired) electrons. The molecule has 0 aliphatic carbocycles. The van der Waals surface area contributed by atoms with Crippen LogP contribution in [0.15, 0.2) is 0 Å². The van der Waals surface area contributed by atoms with Gasteiger partial charge in [-0.3, -0.25) is 0 Å². The molecule has 10 heavy (non-hydrogen) atoms. The second-order valence-electron chi connectivity index (χ2n) is 0.866. The minimum atomic E-state index is -4.61. The molecule has 7 nitrogen and oxygen atoms in total. The van der Waals surface area contributed by atoms with Crippen molar-refractivity contribution in [1.29, 1.82) is 0 Å². The van der Waals surface area contributed by atoms with Crippen LogP contribution in [0.4, 0.5) is 4.79 Å². The van der Waals surface area contributed by atoms with Crippen molar-refractivity contribution in [2.75, 3.05) is 0 Å². The van der Waals surface area contributed by atoms with E-state index >= 15 is 0 Å². The first-order valence-electron chi connectivity index (χ1n) is 1.53. The van der Waals surface area contributed by atoms with E-state index in [1.807, 2.05) is 0 Å². The van der Waals surface area contributed by atoms with Gasteiger partial charge >= 0.3 is 27.9 Å². The van der Waals surface area contributed by atoms with Crippen LogP contribution in [0.1, 0.15) is 0 Å². The Bertz CT molecular complexity index is 76.1. The van der Waals surface area contributed by atoms with E-state index < -0.39 is 15.2 Å². The third-order valence-corrected chi connectivity index (χ3v) is 0. The Morgan fingerprint density at radius 1 is 1.20 bits per heavy atom. The normalized spacial score (nSPS) is 8.40. The standard InChI is InChI=1S/CH2O3.Li.H4O4Si/c2-1(3)4;;1-5(2,3)4/h(H2,2,3,4);;1-4H/q;+1;/p-1. The van der Waals surface area contributed by atoms with E-state index in [4.69, 9.17) is 34.2 Å². The van der Waals surface area contributed by atoms with E-state index in [1.165, 1.54) is 0 Å². The Morgan fingerprint density at radius 3 is 1.20 bits per heavy atom. The van der Waals surface area contributed by atoms with Gasteiger partial charge in [0.25, 0.3) is 0 Å². The van der Waals surface area contributed by atoms with Crippen molar-refractivity contribution in [2.45, 2.75) is 0 Å². The van der Waals surface area contributed by atoms with Crippen LogP contribution in [-0.2, 0) is 0 Å². The number of hydrogen-bond acceptors (Lipinski definition) is 6. The van der Waals surface area contributed by atoms with Crippen LogP contribution in [-0.4, -0.2) is 39.5 Å². The van der Waals surface area contributed by atoms with Crippen LogP contribution in [0.5, 0.6) is 0 Å². The van der Waals surface area contributed by atoms with E-state index in [2.05, 4.69) is 0 Å². The van der Waals surface area contributed by atoms with Gasteiger partial charge in [0, 0.05) is 0 Å². The maximum absolute atomic E-state index is 8.44. The first kappa shape index (κ1) is 16.5. The predicted molar refractivity (Wildman–Crippen MR) is 22.7 cm³/mol. The molecule has 56 valence electrons. The summed E-state index contributed by atoms with van der Waals surface area (Å²) in [7, 11) is -4.61. The third-order valence-electron chi connectivity index (χ3n) is 0. The molecule has 0 aromatic rings. The molecule has 0 bridgehead atoms. The summed E-state index contributed by atoms with van der Waals surface area (Å²) < 4.78 is 0. The molecule has 0 aliphatic heterocycles. The van der Waals surface area contributed by atoms with E-state index in [0.717, 1.165) is 0 Å². The summed E-state index contributed by atoms with van der Waals surface area (Å²) in [6.45, 7) is 0. The second-order valence-corrected chi connectivity index (χ2v) is 2.07. The monoisotopic (exact) mass is 164 g/mol. The zero-order valence-electron chi connectivity index (χ0n) is 5.05. The molecule has 5 N–H and O–H groups in total. The molecule has 0 spiro atoms. The van der Waals surface area contributed by atoms with Gasteiger partial charge in [-0.1, -0.05) is 0 Å². The molecule has 0 rings (SSSR count). The average molecular weight is 164 g/mol. The first-order valence-corrected chi connectivity index (χ1v) is 3.32. The zero-order chi connectivity index (χ0) is 8.08. The smallest absolute Gasteiger partial charge is 0.565 e. The zero-order valence-corrected chi connectivity index (χ0v) is 6.05. The van der Waals surface area contributed by atoms with Crippen LogP contribution in [0, 0.1) is 0 Å². The summed E-state index contributed by atoms with van der Waals surface area (Å²) in [5.74, 6) is 0. The van der Waals surface area contributed by atoms with E-state index in [0.29, 0.717) is 0 Å². The number of carboxylic acid groups (broad SMARTS) is 2. The minimum Gasteiger partial charge on any atom is -0.565 e. The van der Waals surface area contributed by atoms with Crippen LogP contribution < -0.4 is 24.0 Å². The molecule has 0 fully saturated rings. The average Bonchev–Trinajstić information content (AvgIpc) is 1.19. The van der Waals surface area contributed by atoms with E-state index in [1.54, 1.807) is 0 Å². The van der Waals surface area contributed by atoms with Crippen molar-refractivity contribution in [1.82, 2.24) is 0 Å². The Morgan fingerprint density at radius 2 is 1.20 bits per heavy atom. The Labute approximate surface area is 68.8 Å². The number of rotatable bonds is 0. The van der Waals surface area contributed by atoms with E-state index in [-0.39, 0.29) is 18.9 Å². The van der Waals surface area contributed by atoms with Crippen LogP contribution in [0.25, 0.3) is 0 Å². The van der Waals surface area contributed by atoms with Gasteiger partial charge in [0.1, 0.15) is 0 Å². The fourth-order valence-electron chi connectivity index (χ4n) is 0. The Hall–Kier alpha value is -0.0757. The largest absolute Gasteiger partial charge is 1.00 e. The summed E-state index contributed by atoms with van der Waals surface area (Å²) in [5.41, 5.74) is 0. The molecular formula is CH5LiO7Si. The molecule has 0 saturated heterocycles. The van der Waals surface area contributed by atoms with Gasteiger partial charge in [0.05, 0.1) is 0 Å². The van der Waals surface area contributed by atoms with Gasteiger partial charge in [-0.05, 0) is 0 Å².